The van der Waals surface area contributed by atoms with Crippen molar-refractivity contribution in [2.45, 2.75) is 0 Å². The Morgan fingerprint density at radius 3 is 1.96 bits per heavy atom. The summed E-state index contributed by atoms with van der Waals surface area (Å²) < 4.78 is 9.46. The van der Waals surface area contributed by atoms with E-state index in [0.29, 0.717) is 29.4 Å². The molecule has 0 unspecified atom stereocenters. The smallest absolute Gasteiger partial charge is 0.337 e. The fourth-order valence-electron chi connectivity index (χ4n) is 1.83. The Morgan fingerprint density at radius 2 is 1.50 bits per heavy atom. The third-order valence-electron chi connectivity index (χ3n) is 3.19. The van der Waals surface area contributed by atoms with Crippen molar-refractivity contribution in [1.29, 1.82) is 0 Å². The summed E-state index contributed by atoms with van der Waals surface area (Å²) in [6, 6.07) is 8.04. The van der Waals surface area contributed by atoms with Gasteiger partial charge in [0.05, 0.1) is 36.5 Å². The summed E-state index contributed by atoms with van der Waals surface area (Å²) in [4.78, 5) is 42.2. The van der Waals surface area contributed by atoms with Crippen molar-refractivity contribution >= 4 is 24.5 Å². The summed E-state index contributed by atoms with van der Waals surface area (Å²) in [5.74, 6) is -1.55. The van der Waals surface area contributed by atoms with Crippen LogP contribution in [0.2, 0.25) is 0 Å². The molecule has 0 saturated carbocycles. The molecule has 0 spiro atoms. The Hall–Kier alpha value is -3.68. The molecule has 2 rings (SSSR count). The molecule has 2 aromatic rings. The number of benzene rings is 2. The minimum atomic E-state index is -1.14. The maximum atomic E-state index is 11.1. The van der Waals surface area contributed by atoms with Crippen LogP contribution in [0.1, 0.15) is 41.4 Å². The molecule has 0 aliphatic carbocycles. The molecule has 8 heteroatoms. The largest absolute Gasteiger partial charge is 0.507 e. The van der Waals surface area contributed by atoms with Gasteiger partial charge >= 0.3 is 11.9 Å². The highest BCUT2D eigenvalue weighted by atomic mass is 16.5. The lowest BCUT2D eigenvalue weighted by Gasteiger charge is -2.05. The number of methoxy groups -OCH3 is 2. The van der Waals surface area contributed by atoms with Gasteiger partial charge in [-0.15, -0.1) is 0 Å². The van der Waals surface area contributed by atoms with Gasteiger partial charge in [0.25, 0.3) is 0 Å². The van der Waals surface area contributed by atoms with Crippen LogP contribution in [-0.2, 0) is 4.74 Å². The van der Waals surface area contributed by atoms with Crippen molar-refractivity contribution < 1.29 is 38.9 Å². The van der Waals surface area contributed by atoms with Crippen molar-refractivity contribution in [2.75, 3.05) is 14.2 Å². The van der Waals surface area contributed by atoms with E-state index in [4.69, 9.17) is 14.9 Å². The second kappa shape index (κ2) is 9.58. The van der Waals surface area contributed by atoms with Gasteiger partial charge in [-0.1, -0.05) is 0 Å². The number of phenols is 1. The summed E-state index contributed by atoms with van der Waals surface area (Å²) in [7, 11) is 2.73. The van der Waals surface area contributed by atoms with Crippen LogP contribution in [-0.4, -0.2) is 48.9 Å². The molecule has 0 fully saturated rings. The molecule has 0 aromatic heterocycles. The fourth-order valence-corrected chi connectivity index (χ4v) is 1.83. The van der Waals surface area contributed by atoms with Gasteiger partial charge in [0.15, 0.2) is 12.6 Å². The predicted molar refractivity (Wildman–Crippen MR) is 90.2 cm³/mol. The molecule has 2 N–H and O–H groups in total. The normalized spacial score (nSPS) is 9.31. The van der Waals surface area contributed by atoms with E-state index < -0.39 is 11.9 Å². The number of carboxylic acid groups (broad SMARTS) is 1. The summed E-state index contributed by atoms with van der Waals surface area (Å²) in [6.07, 6.45) is 1.13. The number of aromatic carboxylic acids is 1. The Bertz CT molecular complexity index is 826. The molecular formula is C18H16O8. The molecule has 26 heavy (non-hydrogen) atoms. The first kappa shape index (κ1) is 20.4. The number of carboxylic acids is 1. The highest BCUT2D eigenvalue weighted by Gasteiger charge is 2.09. The van der Waals surface area contributed by atoms with Gasteiger partial charge in [-0.25, -0.2) is 9.59 Å². The van der Waals surface area contributed by atoms with Crippen LogP contribution in [0, 0.1) is 0 Å². The first-order valence-electron chi connectivity index (χ1n) is 7.11. The highest BCUT2D eigenvalue weighted by molar-refractivity contribution is 5.92. The zero-order chi connectivity index (χ0) is 19.7. The Balaban J connectivity index is 0.000000263. The lowest BCUT2D eigenvalue weighted by atomic mass is 10.1. The van der Waals surface area contributed by atoms with Gasteiger partial charge in [-0.3, -0.25) is 9.59 Å². The summed E-state index contributed by atoms with van der Waals surface area (Å²) in [5, 5.41) is 17.5. The number of carbonyl (C=O) groups excluding carboxylic acids is 3. The van der Waals surface area contributed by atoms with E-state index in [0.717, 1.165) is 6.07 Å². The van der Waals surface area contributed by atoms with Gasteiger partial charge in [0, 0.05) is 0 Å². The molecule has 8 nitrogen and oxygen atoms in total. The van der Waals surface area contributed by atoms with Gasteiger partial charge in [-0.05, 0) is 36.4 Å². The maximum absolute atomic E-state index is 11.1. The van der Waals surface area contributed by atoms with Gasteiger partial charge in [0.1, 0.15) is 11.5 Å². The second-order valence-corrected chi connectivity index (χ2v) is 4.76. The molecule has 0 aliphatic heterocycles. The van der Waals surface area contributed by atoms with Gasteiger partial charge < -0.3 is 19.7 Å². The molecule has 2 aromatic carbocycles. The molecule has 0 saturated heterocycles. The topological polar surface area (TPSA) is 127 Å². The molecule has 0 amide bonds. The number of phenolic OH excluding ortho intramolecular Hbond substituents is 1. The Labute approximate surface area is 148 Å². The number of ether oxygens (including phenoxy) is 2. The molecule has 0 heterocycles. The lowest BCUT2D eigenvalue weighted by Crippen LogP contribution is -2.02. The van der Waals surface area contributed by atoms with E-state index in [1.807, 2.05) is 0 Å². The predicted octanol–water partition coefficient (Wildman–Crippen LogP) is 2.20. The fraction of sp³-hybridized carbons (Fsp3) is 0.111. The van der Waals surface area contributed by atoms with Crippen molar-refractivity contribution in [1.82, 2.24) is 0 Å². The number of carbonyl (C=O) groups is 4. The first-order chi connectivity index (χ1) is 12.4. The average molecular weight is 360 g/mol. The lowest BCUT2D eigenvalue weighted by molar-refractivity contribution is 0.0599. The van der Waals surface area contributed by atoms with E-state index >= 15 is 0 Å². The van der Waals surface area contributed by atoms with Crippen LogP contribution >= 0.6 is 0 Å². The van der Waals surface area contributed by atoms with Gasteiger partial charge in [0.2, 0.25) is 0 Å². The van der Waals surface area contributed by atoms with Crippen LogP contribution in [0.3, 0.4) is 0 Å². The third kappa shape index (κ3) is 5.17. The second-order valence-electron chi connectivity index (χ2n) is 4.76. The standard InChI is InChI=1S/C10H10O4.C8H6O4/c1-13-9-5-7(10(12)14-2)3-4-8(9)6-11;9-4-6-2-1-5(8(11)12)3-7(6)10/h3-6H,1-2H3;1-4,10H,(H,11,12). The Kier molecular flexibility index (Phi) is 7.50. The molecule has 0 aliphatic rings. The number of aldehydes is 2. The number of esters is 1. The van der Waals surface area contributed by atoms with E-state index in [-0.39, 0.29) is 16.9 Å². The van der Waals surface area contributed by atoms with Gasteiger partial charge in [-0.2, -0.15) is 0 Å². The van der Waals surface area contributed by atoms with Crippen LogP contribution < -0.4 is 4.74 Å². The third-order valence-corrected chi connectivity index (χ3v) is 3.19. The molecule has 0 bridgehead atoms. The molecular weight excluding hydrogens is 344 g/mol. The van der Waals surface area contributed by atoms with Crippen molar-refractivity contribution in [3.05, 3.63) is 58.7 Å². The summed E-state index contributed by atoms with van der Waals surface area (Å²) in [6.45, 7) is 0. The minimum absolute atomic E-state index is 0.0434. The van der Waals surface area contributed by atoms with Crippen LogP contribution in [0.15, 0.2) is 36.4 Å². The number of hydrogen-bond donors (Lipinski definition) is 2. The zero-order valence-electron chi connectivity index (χ0n) is 14.0. The molecule has 0 radical (unpaired) electrons. The zero-order valence-corrected chi connectivity index (χ0v) is 14.0. The monoisotopic (exact) mass is 360 g/mol. The molecule has 136 valence electrons. The van der Waals surface area contributed by atoms with E-state index in [2.05, 4.69) is 4.74 Å². The van der Waals surface area contributed by atoms with E-state index in [1.165, 1.54) is 44.6 Å². The quantitative estimate of drug-likeness (QED) is 0.613. The minimum Gasteiger partial charge on any atom is -0.507 e. The SMILES string of the molecule is COC(=O)c1ccc(C=O)c(OC)c1.O=Cc1ccc(C(=O)O)cc1O. The number of aromatic hydroxyl groups is 1. The number of hydrogen-bond acceptors (Lipinski definition) is 7. The van der Waals surface area contributed by atoms with Crippen LogP contribution in [0.4, 0.5) is 0 Å². The molecule has 0 atom stereocenters. The van der Waals surface area contributed by atoms with Crippen LogP contribution in [0.25, 0.3) is 0 Å². The van der Waals surface area contributed by atoms with Crippen molar-refractivity contribution in [2.24, 2.45) is 0 Å². The van der Waals surface area contributed by atoms with Crippen molar-refractivity contribution in [3.63, 3.8) is 0 Å². The first-order valence-corrected chi connectivity index (χ1v) is 7.11. The number of rotatable bonds is 5. The highest BCUT2D eigenvalue weighted by Crippen LogP contribution is 2.19. The van der Waals surface area contributed by atoms with E-state index in [9.17, 15) is 19.2 Å². The Morgan fingerprint density at radius 1 is 0.923 bits per heavy atom. The van der Waals surface area contributed by atoms with E-state index in [1.54, 1.807) is 0 Å². The summed E-state index contributed by atoms with van der Waals surface area (Å²) >= 11 is 0. The summed E-state index contributed by atoms with van der Waals surface area (Å²) in [5.41, 5.74) is 0.799. The maximum Gasteiger partial charge on any atom is 0.337 e. The average Bonchev–Trinajstić information content (AvgIpc) is 2.67. The van der Waals surface area contributed by atoms with Crippen LogP contribution in [0.5, 0.6) is 11.5 Å². The van der Waals surface area contributed by atoms with Crippen molar-refractivity contribution in [3.8, 4) is 11.5 Å².